The quantitative estimate of drug-likeness (QED) is 0.674. The highest BCUT2D eigenvalue weighted by Crippen LogP contribution is 2.08. The van der Waals surface area contributed by atoms with Crippen LogP contribution in [0.4, 0.5) is 0 Å². The predicted molar refractivity (Wildman–Crippen MR) is 62.2 cm³/mol. The molecule has 10 heavy (non-hydrogen) atoms. The first-order valence-corrected chi connectivity index (χ1v) is 5.17. The number of hydrogen-bond acceptors (Lipinski definition) is 0. The summed E-state index contributed by atoms with van der Waals surface area (Å²) in [5.41, 5.74) is 1.26. The minimum absolute atomic E-state index is 1.26. The van der Waals surface area contributed by atoms with E-state index in [1.807, 2.05) is 4.08 Å². The van der Waals surface area contributed by atoms with Crippen molar-refractivity contribution in [3.05, 3.63) is 37.5 Å². The lowest BCUT2D eigenvalue weighted by atomic mass is 10.2. The molecular formula is C8H6I2. The number of hydrogen-bond donors (Lipinski definition) is 0. The van der Waals surface area contributed by atoms with Crippen LogP contribution in [0.25, 0.3) is 6.08 Å². The van der Waals surface area contributed by atoms with Crippen molar-refractivity contribution in [3.63, 3.8) is 0 Å². The summed E-state index contributed by atoms with van der Waals surface area (Å²) in [5, 5.41) is 0. The topological polar surface area (TPSA) is 0 Å². The summed E-state index contributed by atoms with van der Waals surface area (Å²) in [6.07, 6.45) is 2.08. The second kappa shape index (κ2) is 4.33. The normalized spacial score (nSPS) is 10.6. The van der Waals surface area contributed by atoms with E-state index < -0.39 is 0 Å². The Kier molecular flexibility index (Phi) is 3.69. The van der Waals surface area contributed by atoms with Crippen LogP contribution in [0.5, 0.6) is 0 Å². The van der Waals surface area contributed by atoms with Crippen molar-refractivity contribution in [2.45, 2.75) is 0 Å². The third-order valence-corrected chi connectivity index (χ3v) is 2.20. The van der Waals surface area contributed by atoms with Crippen molar-refractivity contribution >= 4 is 51.3 Å². The highest BCUT2D eigenvalue weighted by atomic mass is 127. The largest absolute Gasteiger partial charge is 0.0539 e. The number of benzene rings is 1. The van der Waals surface area contributed by atoms with Crippen LogP contribution in [0.1, 0.15) is 5.56 Å². The zero-order valence-electron chi connectivity index (χ0n) is 5.22. The standard InChI is InChI=1S/C8H6I2/c9-6-5-7-1-3-8(10)4-2-7/h1-6H/b6-5+. The van der Waals surface area contributed by atoms with Gasteiger partial charge in [-0.15, -0.1) is 0 Å². The van der Waals surface area contributed by atoms with E-state index in [9.17, 15) is 0 Å². The zero-order chi connectivity index (χ0) is 7.40. The fourth-order valence-electron chi connectivity index (χ4n) is 0.647. The smallest absolute Gasteiger partial charge is 0.0130 e. The van der Waals surface area contributed by atoms with Crippen LogP contribution in [0, 0.1) is 3.57 Å². The lowest BCUT2D eigenvalue weighted by Gasteiger charge is -1.90. The highest BCUT2D eigenvalue weighted by molar-refractivity contribution is 14.1. The zero-order valence-corrected chi connectivity index (χ0v) is 9.54. The minimum Gasteiger partial charge on any atom is -0.0539 e. The molecule has 0 unspecified atom stereocenters. The van der Waals surface area contributed by atoms with E-state index in [1.165, 1.54) is 9.13 Å². The first kappa shape index (κ1) is 8.52. The molecule has 1 rings (SSSR count). The van der Waals surface area contributed by atoms with Crippen molar-refractivity contribution in [3.8, 4) is 0 Å². The van der Waals surface area contributed by atoms with Gasteiger partial charge in [0.25, 0.3) is 0 Å². The van der Waals surface area contributed by atoms with Gasteiger partial charge in [-0.2, -0.15) is 0 Å². The SMILES string of the molecule is I/C=C/c1ccc(I)cc1. The fourth-order valence-corrected chi connectivity index (χ4v) is 1.42. The molecule has 0 bridgehead atoms. The molecule has 0 aliphatic rings. The van der Waals surface area contributed by atoms with E-state index in [-0.39, 0.29) is 0 Å². The van der Waals surface area contributed by atoms with Gasteiger partial charge in [-0.05, 0) is 50.4 Å². The Morgan fingerprint density at radius 2 is 1.70 bits per heavy atom. The molecule has 1 aromatic carbocycles. The maximum absolute atomic E-state index is 2.30. The molecule has 0 nitrogen and oxygen atoms in total. The van der Waals surface area contributed by atoms with Crippen molar-refractivity contribution in [2.75, 3.05) is 0 Å². The average Bonchev–Trinajstić information content (AvgIpc) is 1.95. The molecule has 2 heteroatoms. The molecule has 0 aliphatic heterocycles. The third kappa shape index (κ3) is 2.57. The first-order valence-electron chi connectivity index (χ1n) is 2.85. The molecule has 0 saturated heterocycles. The van der Waals surface area contributed by atoms with Crippen LogP contribution in [-0.2, 0) is 0 Å². The van der Waals surface area contributed by atoms with Crippen LogP contribution in [-0.4, -0.2) is 0 Å². The van der Waals surface area contributed by atoms with E-state index in [1.54, 1.807) is 0 Å². The van der Waals surface area contributed by atoms with Crippen LogP contribution in [0.3, 0.4) is 0 Å². The van der Waals surface area contributed by atoms with E-state index in [2.05, 4.69) is 75.5 Å². The summed E-state index contributed by atoms with van der Waals surface area (Å²) < 4.78 is 3.29. The second-order valence-electron chi connectivity index (χ2n) is 1.84. The maximum atomic E-state index is 2.30. The van der Waals surface area contributed by atoms with Crippen molar-refractivity contribution in [2.24, 2.45) is 0 Å². The number of halogens is 2. The molecular weight excluding hydrogens is 350 g/mol. The van der Waals surface area contributed by atoms with Gasteiger partial charge in [0.05, 0.1) is 0 Å². The molecule has 0 fully saturated rings. The lowest BCUT2D eigenvalue weighted by Crippen LogP contribution is -1.71. The molecule has 0 saturated carbocycles. The summed E-state index contributed by atoms with van der Waals surface area (Å²) in [5.74, 6) is 0. The van der Waals surface area contributed by atoms with Gasteiger partial charge in [-0.3, -0.25) is 0 Å². The van der Waals surface area contributed by atoms with Crippen molar-refractivity contribution < 1.29 is 0 Å². The van der Waals surface area contributed by atoms with Gasteiger partial charge >= 0.3 is 0 Å². The number of rotatable bonds is 1. The van der Waals surface area contributed by atoms with E-state index in [4.69, 9.17) is 0 Å². The van der Waals surface area contributed by atoms with Crippen molar-refractivity contribution in [1.29, 1.82) is 0 Å². The van der Waals surface area contributed by atoms with Crippen LogP contribution < -0.4 is 0 Å². The first-order chi connectivity index (χ1) is 4.83. The van der Waals surface area contributed by atoms with Crippen molar-refractivity contribution in [1.82, 2.24) is 0 Å². The van der Waals surface area contributed by atoms with E-state index >= 15 is 0 Å². The van der Waals surface area contributed by atoms with Gasteiger partial charge in [0.1, 0.15) is 0 Å². The summed E-state index contributed by atoms with van der Waals surface area (Å²) in [7, 11) is 0. The Balaban J connectivity index is 2.89. The van der Waals surface area contributed by atoms with Gasteiger partial charge in [-0.25, -0.2) is 0 Å². The highest BCUT2D eigenvalue weighted by Gasteiger charge is 1.84. The Morgan fingerprint density at radius 3 is 2.20 bits per heavy atom. The Labute approximate surface area is 88.0 Å². The Morgan fingerprint density at radius 1 is 1.10 bits per heavy atom. The molecule has 0 N–H and O–H groups in total. The summed E-state index contributed by atoms with van der Waals surface area (Å²) in [4.78, 5) is 0. The van der Waals surface area contributed by atoms with E-state index in [0.29, 0.717) is 0 Å². The Bertz CT molecular complexity index is 224. The molecule has 0 aliphatic carbocycles. The molecule has 52 valence electrons. The van der Waals surface area contributed by atoms with Crippen LogP contribution in [0.2, 0.25) is 0 Å². The lowest BCUT2D eigenvalue weighted by molar-refractivity contribution is 1.61. The Hall–Kier alpha value is 0.420. The van der Waals surface area contributed by atoms with Gasteiger partial charge in [-0.1, -0.05) is 34.7 Å². The minimum atomic E-state index is 1.26. The summed E-state index contributed by atoms with van der Waals surface area (Å²) >= 11 is 4.52. The predicted octanol–water partition coefficient (Wildman–Crippen LogP) is 3.70. The van der Waals surface area contributed by atoms with Gasteiger partial charge in [0, 0.05) is 3.57 Å². The summed E-state index contributed by atoms with van der Waals surface area (Å²) in [6, 6.07) is 8.42. The van der Waals surface area contributed by atoms with Gasteiger partial charge in [0.15, 0.2) is 0 Å². The van der Waals surface area contributed by atoms with Crippen LogP contribution in [0.15, 0.2) is 28.3 Å². The van der Waals surface area contributed by atoms with Gasteiger partial charge < -0.3 is 0 Å². The van der Waals surface area contributed by atoms with Crippen LogP contribution >= 0.6 is 45.2 Å². The van der Waals surface area contributed by atoms with Gasteiger partial charge in [0.2, 0.25) is 0 Å². The third-order valence-electron chi connectivity index (χ3n) is 1.13. The fraction of sp³-hybridized carbons (Fsp3) is 0. The molecule has 1 aromatic rings. The second-order valence-corrected chi connectivity index (χ2v) is 3.81. The maximum Gasteiger partial charge on any atom is 0.0130 e. The van der Waals surface area contributed by atoms with E-state index in [0.717, 1.165) is 0 Å². The molecule has 0 radical (unpaired) electrons. The molecule has 0 heterocycles. The molecule has 0 aromatic heterocycles. The molecule has 0 amide bonds. The summed E-state index contributed by atoms with van der Waals surface area (Å²) in [6.45, 7) is 0. The molecule has 0 spiro atoms. The monoisotopic (exact) mass is 356 g/mol. The molecule has 0 atom stereocenters. The average molecular weight is 356 g/mol.